The Morgan fingerprint density at radius 1 is 1.17 bits per heavy atom. The highest BCUT2D eigenvalue weighted by atomic mass is 19.1. The summed E-state index contributed by atoms with van der Waals surface area (Å²) in [6.45, 7) is 3.21. The van der Waals surface area contributed by atoms with Gasteiger partial charge in [-0.2, -0.15) is 0 Å². The van der Waals surface area contributed by atoms with Gasteiger partial charge in [0.25, 0.3) is 5.91 Å². The molecule has 0 radical (unpaired) electrons. The molecule has 0 spiro atoms. The SMILES string of the molecule is O=C(Nc1cccnc1N1CCNCC1)c1cc(F)cc(F)c1. The number of nitrogens with zero attached hydrogens (tertiary/aromatic N) is 2. The largest absolute Gasteiger partial charge is 0.352 e. The van der Waals surface area contributed by atoms with E-state index in [1.165, 1.54) is 0 Å². The van der Waals surface area contributed by atoms with Crippen molar-refractivity contribution in [1.82, 2.24) is 10.3 Å². The number of benzene rings is 1. The number of hydrogen-bond donors (Lipinski definition) is 2. The molecular formula is C16H16F2N4O. The number of nitrogens with one attached hydrogen (secondary N) is 2. The Morgan fingerprint density at radius 3 is 2.57 bits per heavy atom. The summed E-state index contributed by atoms with van der Waals surface area (Å²) in [5.41, 5.74) is 0.446. The predicted octanol–water partition coefficient (Wildman–Crippen LogP) is 2.02. The Morgan fingerprint density at radius 2 is 1.87 bits per heavy atom. The number of pyridine rings is 1. The molecule has 3 rings (SSSR count). The molecule has 2 aromatic rings. The second kappa shape index (κ2) is 6.70. The van der Waals surface area contributed by atoms with Crippen LogP contribution in [0.4, 0.5) is 20.3 Å². The number of anilines is 2. The first-order valence-electron chi connectivity index (χ1n) is 7.31. The van der Waals surface area contributed by atoms with Gasteiger partial charge in [0, 0.05) is 44.0 Å². The Labute approximate surface area is 132 Å². The maximum atomic E-state index is 13.2. The van der Waals surface area contributed by atoms with Crippen LogP contribution in [0.1, 0.15) is 10.4 Å². The van der Waals surface area contributed by atoms with Crippen LogP contribution >= 0.6 is 0 Å². The maximum Gasteiger partial charge on any atom is 0.255 e. The molecule has 0 bridgehead atoms. The molecule has 0 unspecified atom stereocenters. The summed E-state index contributed by atoms with van der Waals surface area (Å²) in [4.78, 5) is 18.6. The monoisotopic (exact) mass is 318 g/mol. The van der Waals surface area contributed by atoms with Gasteiger partial charge in [-0.25, -0.2) is 13.8 Å². The Kier molecular flexibility index (Phi) is 4.47. The van der Waals surface area contributed by atoms with Gasteiger partial charge in [0.05, 0.1) is 5.69 Å². The van der Waals surface area contributed by atoms with Crippen molar-refractivity contribution in [2.75, 3.05) is 36.4 Å². The van der Waals surface area contributed by atoms with Crippen molar-refractivity contribution < 1.29 is 13.6 Å². The smallest absolute Gasteiger partial charge is 0.255 e. The van der Waals surface area contributed by atoms with Crippen molar-refractivity contribution in [3.63, 3.8) is 0 Å². The lowest BCUT2D eigenvalue weighted by atomic mass is 10.2. The molecule has 1 fully saturated rings. The average Bonchev–Trinajstić information content (AvgIpc) is 2.55. The maximum absolute atomic E-state index is 13.2. The van der Waals surface area contributed by atoms with Gasteiger partial charge in [0.15, 0.2) is 5.82 Å². The lowest BCUT2D eigenvalue weighted by Crippen LogP contribution is -2.44. The number of amides is 1. The van der Waals surface area contributed by atoms with E-state index in [4.69, 9.17) is 0 Å². The lowest BCUT2D eigenvalue weighted by molar-refractivity contribution is 0.102. The van der Waals surface area contributed by atoms with Gasteiger partial charge in [-0.15, -0.1) is 0 Å². The van der Waals surface area contributed by atoms with Crippen molar-refractivity contribution in [3.8, 4) is 0 Å². The first kappa shape index (κ1) is 15.4. The molecule has 1 aromatic heterocycles. The molecule has 5 nitrogen and oxygen atoms in total. The first-order valence-corrected chi connectivity index (χ1v) is 7.31. The van der Waals surface area contributed by atoms with E-state index >= 15 is 0 Å². The third-order valence-corrected chi connectivity index (χ3v) is 3.58. The van der Waals surface area contributed by atoms with Gasteiger partial charge in [-0.1, -0.05) is 0 Å². The minimum Gasteiger partial charge on any atom is -0.352 e. The van der Waals surface area contributed by atoms with E-state index in [1.807, 2.05) is 0 Å². The molecule has 1 aliphatic rings. The van der Waals surface area contributed by atoms with E-state index < -0.39 is 17.5 Å². The molecule has 23 heavy (non-hydrogen) atoms. The number of carbonyl (C=O) groups excluding carboxylic acids is 1. The molecule has 0 aliphatic carbocycles. The van der Waals surface area contributed by atoms with E-state index in [0.717, 1.165) is 44.4 Å². The predicted molar refractivity (Wildman–Crippen MR) is 83.6 cm³/mol. The molecule has 0 saturated carbocycles. The molecule has 1 saturated heterocycles. The zero-order valence-electron chi connectivity index (χ0n) is 12.4. The number of piperazine rings is 1. The molecule has 2 N–H and O–H groups in total. The second-order valence-corrected chi connectivity index (χ2v) is 5.22. The Hall–Kier alpha value is -2.54. The highest BCUT2D eigenvalue weighted by Crippen LogP contribution is 2.23. The van der Waals surface area contributed by atoms with Crippen LogP contribution in [0.15, 0.2) is 36.5 Å². The highest BCUT2D eigenvalue weighted by Gasteiger charge is 2.17. The van der Waals surface area contributed by atoms with Gasteiger partial charge in [-0.05, 0) is 24.3 Å². The lowest BCUT2D eigenvalue weighted by Gasteiger charge is -2.29. The van der Waals surface area contributed by atoms with Crippen molar-refractivity contribution in [2.45, 2.75) is 0 Å². The average molecular weight is 318 g/mol. The summed E-state index contributed by atoms with van der Waals surface area (Å²) in [5.74, 6) is -1.50. The summed E-state index contributed by atoms with van der Waals surface area (Å²) >= 11 is 0. The fourth-order valence-electron chi connectivity index (χ4n) is 2.50. The summed E-state index contributed by atoms with van der Waals surface area (Å²) in [6.07, 6.45) is 1.65. The van der Waals surface area contributed by atoms with Crippen LogP contribution in [0, 0.1) is 11.6 Å². The van der Waals surface area contributed by atoms with Gasteiger partial charge < -0.3 is 15.5 Å². The van der Waals surface area contributed by atoms with Crippen LogP contribution in [0.25, 0.3) is 0 Å². The van der Waals surface area contributed by atoms with Crippen LogP contribution in [0.5, 0.6) is 0 Å². The van der Waals surface area contributed by atoms with E-state index in [2.05, 4.69) is 20.5 Å². The van der Waals surface area contributed by atoms with E-state index in [0.29, 0.717) is 11.5 Å². The summed E-state index contributed by atoms with van der Waals surface area (Å²) in [7, 11) is 0. The van der Waals surface area contributed by atoms with Gasteiger partial charge >= 0.3 is 0 Å². The third-order valence-electron chi connectivity index (χ3n) is 3.58. The van der Waals surface area contributed by atoms with Crippen LogP contribution < -0.4 is 15.5 Å². The molecular weight excluding hydrogens is 302 g/mol. The summed E-state index contributed by atoms with van der Waals surface area (Å²) in [6, 6.07) is 6.15. The van der Waals surface area contributed by atoms with E-state index in [-0.39, 0.29) is 5.56 Å². The summed E-state index contributed by atoms with van der Waals surface area (Å²) in [5, 5.41) is 5.92. The van der Waals surface area contributed by atoms with E-state index in [9.17, 15) is 13.6 Å². The van der Waals surface area contributed by atoms with Crippen LogP contribution in [0.3, 0.4) is 0 Å². The van der Waals surface area contributed by atoms with Crippen LogP contribution in [-0.2, 0) is 0 Å². The minimum atomic E-state index is -0.788. The number of aromatic nitrogens is 1. The van der Waals surface area contributed by atoms with Gasteiger partial charge in [0.1, 0.15) is 11.6 Å². The minimum absolute atomic E-state index is 0.0717. The molecule has 7 heteroatoms. The van der Waals surface area contributed by atoms with Crippen molar-refractivity contribution in [3.05, 3.63) is 53.7 Å². The molecule has 120 valence electrons. The number of hydrogen-bond acceptors (Lipinski definition) is 4. The topological polar surface area (TPSA) is 57.3 Å². The molecule has 2 heterocycles. The quantitative estimate of drug-likeness (QED) is 0.909. The van der Waals surface area contributed by atoms with Gasteiger partial charge in [0.2, 0.25) is 0 Å². The Bertz CT molecular complexity index is 697. The van der Waals surface area contributed by atoms with Crippen molar-refractivity contribution in [2.24, 2.45) is 0 Å². The first-order chi connectivity index (χ1) is 11.1. The Balaban J connectivity index is 1.83. The van der Waals surface area contributed by atoms with Gasteiger partial charge in [-0.3, -0.25) is 4.79 Å². The summed E-state index contributed by atoms with van der Waals surface area (Å²) < 4.78 is 26.5. The molecule has 1 aromatic carbocycles. The standard InChI is InChI=1S/C16H16F2N4O/c17-12-8-11(9-13(18)10-12)16(23)21-14-2-1-3-20-15(14)22-6-4-19-5-7-22/h1-3,8-10,19H,4-7H2,(H,21,23). The molecule has 0 atom stereocenters. The fraction of sp³-hybridized carbons (Fsp3) is 0.250. The molecule has 1 amide bonds. The number of rotatable bonds is 3. The van der Waals surface area contributed by atoms with Crippen LogP contribution in [0.2, 0.25) is 0 Å². The highest BCUT2D eigenvalue weighted by molar-refractivity contribution is 6.05. The number of carbonyl (C=O) groups is 1. The van der Waals surface area contributed by atoms with E-state index in [1.54, 1.807) is 18.3 Å². The number of halogens is 2. The van der Waals surface area contributed by atoms with Crippen LogP contribution in [-0.4, -0.2) is 37.1 Å². The molecule has 1 aliphatic heterocycles. The van der Waals surface area contributed by atoms with Crippen molar-refractivity contribution in [1.29, 1.82) is 0 Å². The zero-order valence-corrected chi connectivity index (χ0v) is 12.4. The zero-order chi connectivity index (χ0) is 16.2. The fourth-order valence-corrected chi connectivity index (χ4v) is 2.50. The normalized spacial score (nSPS) is 14.6. The third kappa shape index (κ3) is 3.62. The van der Waals surface area contributed by atoms with Crippen molar-refractivity contribution >= 4 is 17.4 Å². The second-order valence-electron chi connectivity index (χ2n) is 5.22.